The summed E-state index contributed by atoms with van der Waals surface area (Å²) >= 11 is 0. The van der Waals surface area contributed by atoms with Crippen molar-refractivity contribution in [2.45, 2.75) is 31.4 Å². The molecule has 100 valence electrons. The van der Waals surface area contributed by atoms with Crippen LogP contribution in [0.25, 0.3) is 0 Å². The number of halogens is 1. The highest BCUT2D eigenvalue weighted by Crippen LogP contribution is 2.32. The molecule has 0 saturated carbocycles. The van der Waals surface area contributed by atoms with E-state index < -0.39 is 19.2 Å². The van der Waals surface area contributed by atoms with Gasteiger partial charge in [0.25, 0.3) is 5.69 Å². The minimum absolute atomic E-state index is 0.130. The van der Waals surface area contributed by atoms with Gasteiger partial charge in [-0.2, -0.15) is 0 Å². The van der Waals surface area contributed by atoms with E-state index in [2.05, 4.69) is 0 Å². The molecule has 0 N–H and O–H groups in total. The van der Waals surface area contributed by atoms with Crippen LogP contribution in [0.1, 0.15) is 37.0 Å². The Morgan fingerprint density at radius 1 is 1.44 bits per heavy atom. The molecular weight excluding hydrogens is 278 g/mol. The van der Waals surface area contributed by atoms with Crippen LogP contribution >= 0.6 is 10.7 Å². The van der Waals surface area contributed by atoms with Gasteiger partial charge in [-0.1, -0.05) is 31.9 Å². The van der Waals surface area contributed by atoms with Crippen molar-refractivity contribution in [3.05, 3.63) is 39.9 Å². The van der Waals surface area contributed by atoms with E-state index in [1.54, 1.807) is 6.07 Å². The molecule has 1 aromatic carbocycles. The van der Waals surface area contributed by atoms with E-state index in [0.29, 0.717) is 18.4 Å². The monoisotopic (exact) mass is 291 g/mol. The first kappa shape index (κ1) is 14.9. The van der Waals surface area contributed by atoms with Gasteiger partial charge in [-0.05, 0) is 12.0 Å². The molecule has 7 heteroatoms. The van der Waals surface area contributed by atoms with Gasteiger partial charge in [-0.3, -0.25) is 10.1 Å². The van der Waals surface area contributed by atoms with E-state index in [9.17, 15) is 18.5 Å². The molecule has 0 aromatic heterocycles. The molecular formula is C11H14ClNO4S. The minimum atomic E-state index is -3.78. The molecule has 0 saturated heterocycles. The zero-order valence-electron chi connectivity index (χ0n) is 9.87. The summed E-state index contributed by atoms with van der Waals surface area (Å²) in [5, 5.41) is 9.77. The highest BCUT2D eigenvalue weighted by atomic mass is 35.7. The predicted molar refractivity (Wildman–Crippen MR) is 70.1 cm³/mol. The van der Waals surface area contributed by atoms with Crippen molar-refractivity contribution < 1.29 is 13.3 Å². The van der Waals surface area contributed by atoms with E-state index in [0.717, 1.165) is 6.42 Å². The average Bonchev–Trinajstić information content (AvgIpc) is 2.28. The fourth-order valence-electron chi connectivity index (χ4n) is 1.70. The first-order chi connectivity index (χ1) is 8.36. The number of unbranched alkanes of at least 4 members (excludes halogenated alkanes) is 1. The van der Waals surface area contributed by atoms with Crippen molar-refractivity contribution >= 4 is 25.4 Å². The molecule has 1 aromatic rings. The van der Waals surface area contributed by atoms with E-state index >= 15 is 0 Å². The Balaban J connectivity index is 3.13. The second kappa shape index (κ2) is 6.15. The summed E-state index contributed by atoms with van der Waals surface area (Å²) in [4.78, 5) is 10.1. The van der Waals surface area contributed by atoms with Crippen LogP contribution in [0.4, 0.5) is 5.69 Å². The molecule has 0 bridgehead atoms. The Morgan fingerprint density at radius 3 is 2.61 bits per heavy atom. The van der Waals surface area contributed by atoms with E-state index in [1.165, 1.54) is 18.2 Å². The quantitative estimate of drug-likeness (QED) is 0.457. The van der Waals surface area contributed by atoms with E-state index in [-0.39, 0.29) is 5.69 Å². The number of benzene rings is 1. The van der Waals surface area contributed by atoms with Gasteiger partial charge >= 0.3 is 0 Å². The second-order valence-corrected chi connectivity index (χ2v) is 6.77. The number of nitro benzene ring substituents is 1. The van der Waals surface area contributed by atoms with Crippen LogP contribution in [-0.2, 0) is 9.05 Å². The summed E-state index contributed by atoms with van der Waals surface area (Å²) in [5.41, 5.74) is 0.238. The van der Waals surface area contributed by atoms with Gasteiger partial charge in [0.15, 0.2) is 0 Å². The first-order valence-corrected chi connectivity index (χ1v) is 7.91. The summed E-state index contributed by atoms with van der Waals surface area (Å²) in [6.07, 6.45) is 1.89. The Bertz CT molecular complexity index is 530. The van der Waals surface area contributed by atoms with Gasteiger partial charge in [-0.15, -0.1) is 0 Å². The summed E-state index contributed by atoms with van der Waals surface area (Å²) in [7, 11) is 1.62. The zero-order chi connectivity index (χ0) is 13.8. The second-order valence-electron chi connectivity index (χ2n) is 3.96. The first-order valence-electron chi connectivity index (χ1n) is 5.54. The molecule has 5 nitrogen and oxygen atoms in total. The highest BCUT2D eigenvalue weighted by Gasteiger charge is 2.25. The number of rotatable bonds is 6. The number of nitrogens with zero attached hydrogens (tertiary/aromatic N) is 1. The molecule has 0 radical (unpaired) electrons. The third kappa shape index (κ3) is 3.96. The average molecular weight is 292 g/mol. The number of hydrogen-bond acceptors (Lipinski definition) is 4. The molecule has 0 amide bonds. The Labute approximate surface area is 110 Å². The van der Waals surface area contributed by atoms with Crippen molar-refractivity contribution in [1.29, 1.82) is 0 Å². The van der Waals surface area contributed by atoms with Gasteiger partial charge in [0.2, 0.25) is 9.05 Å². The zero-order valence-corrected chi connectivity index (χ0v) is 11.4. The molecule has 0 aliphatic heterocycles. The third-order valence-corrected chi connectivity index (χ3v) is 4.45. The van der Waals surface area contributed by atoms with Crippen molar-refractivity contribution in [1.82, 2.24) is 0 Å². The SMILES string of the molecule is CCCCC(c1cccc([N+](=O)[O-])c1)S(=O)(=O)Cl. The molecule has 0 aliphatic rings. The van der Waals surface area contributed by atoms with Gasteiger partial charge in [0.05, 0.1) is 4.92 Å². The van der Waals surface area contributed by atoms with Crippen LogP contribution in [0.3, 0.4) is 0 Å². The summed E-state index contributed by atoms with van der Waals surface area (Å²) in [5.74, 6) is 0. The topological polar surface area (TPSA) is 77.3 Å². The maximum atomic E-state index is 11.5. The van der Waals surface area contributed by atoms with E-state index in [4.69, 9.17) is 10.7 Å². The lowest BCUT2D eigenvalue weighted by Gasteiger charge is -2.13. The van der Waals surface area contributed by atoms with Crippen molar-refractivity contribution in [3.63, 3.8) is 0 Å². The third-order valence-electron chi connectivity index (χ3n) is 2.61. The molecule has 0 aliphatic carbocycles. The van der Waals surface area contributed by atoms with Crippen molar-refractivity contribution in [3.8, 4) is 0 Å². The van der Waals surface area contributed by atoms with Crippen molar-refractivity contribution in [2.24, 2.45) is 0 Å². The Morgan fingerprint density at radius 2 is 2.11 bits per heavy atom. The smallest absolute Gasteiger partial charge is 0.258 e. The van der Waals surface area contributed by atoms with Crippen LogP contribution in [-0.4, -0.2) is 13.3 Å². The Kier molecular flexibility index (Phi) is 5.10. The number of non-ortho nitro benzene ring substituents is 1. The van der Waals surface area contributed by atoms with Crippen LogP contribution in [0.5, 0.6) is 0 Å². The van der Waals surface area contributed by atoms with Crippen LogP contribution in [0, 0.1) is 10.1 Å². The molecule has 1 unspecified atom stereocenters. The van der Waals surface area contributed by atoms with Gasteiger partial charge in [-0.25, -0.2) is 8.42 Å². The number of hydrogen-bond donors (Lipinski definition) is 0. The fourth-order valence-corrected chi connectivity index (χ4v) is 3.19. The van der Waals surface area contributed by atoms with E-state index in [1.807, 2.05) is 6.92 Å². The van der Waals surface area contributed by atoms with Crippen LogP contribution < -0.4 is 0 Å². The van der Waals surface area contributed by atoms with Gasteiger partial charge in [0.1, 0.15) is 5.25 Å². The maximum Gasteiger partial charge on any atom is 0.269 e. The standard InChI is InChI=1S/C11H14ClNO4S/c1-2-3-7-11(18(12,16)17)9-5-4-6-10(8-9)13(14)15/h4-6,8,11H,2-3,7H2,1H3. The summed E-state index contributed by atoms with van der Waals surface area (Å²) < 4.78 is 23.0. The summed E-state index contributed by atoms with van der Waals surface area (Å²) in [6, 6.07) is 5.60. The lowest BCUT2D eigenvalue weighted by atomic mass is 10.1. The van der Waals surface area contributed by atoms with Crippen LogP contribution in [0.15, 0.2) is 24.3 Å². The molecule has 18 heavy (non-hydrogen) atoms. The van der Waals surface area contributed by atoms with Gasteiger partial charge in [0, 0.05) is 22.8 Å². The molecule has 1 rings (SSSR count). The lowest BCUT2D eigenvalue weighted by molar-refractivity contribution is -0.384. The molecule has 0 heterocycles. The minimum Gasteiger partial charge on any atom is -0.258 e. The predicted octanol–water partition coefficient (Wildman–Crippen LogP) is 3.39. The number of nitro groups is 1. The fraction of sp³-hybridized carbons (Fsp3) is 0.455. The molecule has 1 atom stereocenters. The summed E-state index contributed by atoms with van der Waals surface area (Å²) in [6.45, 7) is 1.94. The Hall–Kier alpha value is -1.14. The van der Waals surface area contributed by atoms with Crippen LogP contribution in [0.2, 0.25) is 0 Å². The lowest BCUT2D eigenvalue weighted by Crippen LogP contribution is -2.08. The highest BCUT2D eigenvalue weighted by molar-refractivity contribution is 8.13. The maximum absolute atomic E-state index is 11.5. The van der Waals surface area contributed by atoms with Crippen molar-refractivity contribution in [2.75, 3.05) is 0 Å². The normalized spacial score (nSPS) is 13.2. The molecule has 0 spiro atoms. The van der Waals surface area contributed by atoms with Gasteiger partial charge < -0.3 is 0 Å². The largest absolute Gasteiger partial charge is 0.269 e. The molecule has 0 fully saturated rings.